The molecule has 0 aliphatic heterocycles. The van der Waals surface area contributed by atoms with Crippen LogP contribution in [0.15, 0.2) is 41.6 Å². The number of esters is 1. The van der Waals surface area contributed by atoms with E-state index in [2.05, 4.69) is 9.97 Å². The lowest BCUT2D eigenvalue weighted by Gasteiger charge is -2.19. The maximum absolute atomic E-state index is 13.3. The van der Waals surface area contributed by atoms with Crippen LogP contribution in [-0.4, -0.2) is 41.8 Å². The summed E-state index contributed by atoms with van der Waals surface area (Å²) in [6.45, 7) is 0. The fraction of sp³-hybridized carbons (Fsp3) is 0.167. The molecule has 1 heterocycles. The summed E-state index contributed by atoms with van der Waals surface area (Å²) in [7, 11) is 2.82. The SMILES string of the molecule is COC(=O)c1ccccc1N(C)C(=O)CSc1nc2cc(F)c(F)cc2[nH]1. The monoisotopic (exact) mass is 391 g/mol. The second-order valence-electron chi connectivity index (χ2n) is 5.58. The summed E-state index contributed by atoms with van der Waals surface area (Å²) in [5.41, 5.74) is 1.31. The second kappa shape index (κ2) is 7.75. The Hall–Kier alpha value is -2.94. The number of imidazole rings is 1. The fourth-order valence-electron chi connectivity index (χ4n) is 2.46. The molecule has 9 heteroatoms. The van der Waals surface area contributed by atoms with Crippen LogP contribution in [0.5, 0.6) is 0 Å². The predicted octanol–water partition coefficient (Wildman–Crippen LogP) is 3.38. The lowest BCUT2D eigenvalue weighted by Crippen LogP contribution is -2.29. The molecule has 0 saturated heterocycles. The molecule has 1 amide bonds. The standard InChI is InChI=1S/C18H15F2N3O3S/c1-23(15-6-4-3-5-10(15)17(25)26-2)16(24)9-27-18-21-13-7-11(19)12(20)8-14(13)22-18/h3-8H,9H2,1-2H3,(H,21,22). The number of H-pyrrole nitrogens is 1. The molecular formula is C18H15F2N3O3S. The van der Waals surface area contributed by atoms with Crippen LogP contribution < -0.4 is 4.90 Å². The highest BCUT2D eigenvalue weighted by atomic mass is 32.2. The molecule has 27 heavy (non-hydrogen) atoms. The Kier molecular flexibility index (Phi) is 5.41. The van der Waals surface area contributed by atoms with Crippen molar-refractivity contribution >= 4 is 40.4 Å². The largest absolute Gasteiger partial charge is 0.465 e. The van der Waals surface area contributed by atoms with E-state index in [0.717, 1.165) is 23.9 Å². The summed E-state index contributed by atoms with van der Waals surface area (Å²) in [6.07, 6.45) is 0. The predicted molar refractivity (Wildman–Crippen MR) is 97.9 cm³/mol. The summed E-state index contributed by atoms with van der Waals surface area (Å²) in [4.78, 5) is 32.7. The molecule has 6 nitrogen and oxygen atoms in total. The fourth-order valence-corrected chi connectivity index (χ4v) is 3.26. The van der Waals surface area contributed by atoms with E-state index in [-0.39, 0.29) is 22.7 Å². The van der Waals surface area contributed by atoms with Crippen LogP contribution in [0.25, 0.3) is 11.0 Å². The molecule has 0 aliphatic rings. The number of para-hydroxylation sites is 1. The van der Waals surface area contributed by atoms with Gasteiger partial charge in [-0.2, -0.15) is 0 Å². The van der Waals surface area contributed by atoms with Gasteiger partial charge in [0.1, 0.15) is 0 Å². The third kappa shape index (κ3) is 3.92. The van der Waals surface area contributed by atoms with Crippen molar-refractivity contribution in [3.05, 3.63) is 53.6 Å². The summed E-state index contributed by atoms with van der Waals surface area (Å²) in [6, 6.07) is 8.60. The zero-order chi connectivity index (χ0) is 19.6. The van der Waals surface area contributed by atoms with Crippen molar-refractivity contribution in [1.82, 2.24) is 9.97 Å². The molecule has 0 saturated carbocycles. The zero-order valence-electron chi connectivity index (χ0n) is 14.5. The van der Waals surface area contributed by atoms with Gasteiger partial charge in [-0.1, -0.05) is 23.9 Å². The first-order valence-corrected chi connectivity index (χ1v) is 8.80. The van der Waals surface area contributed by atoms with Crippen molar-refractivity contribution < 1.29 is 23.1 Å². The van der Waals surface area contributed by atoms with Crippen LogP contribution in [0.1, 0.15) is 10.4 Å². The molecule has 1 N–H and O–H groups in total. The van der Waals surface area contributed by atoms with Gasteiger partial charge in [0.2, 0.25) is 5.91 Å². The third-order valence-electron chi connectivity index (χ3n) is 3.88. The summed E-state index contributed by atoms with van der Waals surface area (Å²) < 4.78 is 31.3. The number of anilines is 1. The smallest absolute Gasteiger partial charge is 0.339 e. The van der Waals surface area contributed by atoms with Gasteiger partial charge in [0.05, 0.1) is 35.1 Å². The molecule has 140 valence electrons. The molecule has 0 unspecified atom stereocenters. The van der Waals surface area contributed by atoms with Gasteiger partial charge in [-0.25, -0.2) is 18.6 Å². The number of carbonyl (C=O) groups is 2. The number of aromatic nitrogens is 2. The topological polar surface area (TPSA) is 75.3 Å². The normalized spacial score (nSPS) is 10.8. The van der Waals surface area contributed by atoms with Crippen molar-refractivity contribution in [2.75, 3.05) is 24.8 Å². The number of amides is 1. The number of hydrogen-bond donors (Lipinski definition) is 1. The molecule has 1 aromatic heterocycles. The lowest BCUT2D eigenvalue weighted by atomic mass is 10.1. The zero-order valence-corrected chi connectivity index (χ0v) is 15.3. The first kappa shape index (κ1) is 18.8. The van der Waals surface area contributed by atoms with Gasteiger partial charge in [-0.15, -0.1) is 0 Å². The van der Waals surface area contributed by atoms with Gasteiger partial charge in [0.25, 0.3) is 0 Å². The molecule has 0 radical (unpaired) electrons. The van der Waals surface area contributed by atoms with Crippen LogP contribution in [0, 0.1) is 11.6 Å². The van der Waals surface area contributed by atoms with E-state index in [1.54, 1.807) is 31.3 Å². The van der Waals surface area contributed by atoms with Gasteiger partial charge >= 0.3 is 5.97 Å². The number of ether oxygens (including phenoxy) is 1. The van der Waals surface area contributed by atoms with Gasteiger partial charge in [-0.3, -0.25) is 4.79 Å². The molecule has 0 spiro atoms. The van der Waals surface area contributed by atoms with E-state index in [9.17, 15) is 18.4 Å². The summed E-state index contributed by atoms with van der Waals surface area (Å²) >= 11 is 1.09. The number of rotatable bonds is 5. The maximum atomic E-state index is 13.3. The number of benzene rings is 2. The third-order valence-corrected chi connectivity index (χ3v) is 4.74. The lowest BCUT2D eigenvalue weighted by molar-refractivity contribution is -0.115. The highest BCUT2D eigenvalue weighted by Gasteiger charge is 2.19. The number of fused-ring (bicyclic) bond motifs is 1. The molecule has 0 bridgehead atoms. The van der Waals surface area contributed by atoms with Crippen LogP contribution in [-0.2, 0) is 9.53 Å². The number of thioether (sulfide) groups is 1. The summed E-state index contributed by atoms with van der Waals surface area (Å²) in [5, 5.41) is 0.359. The van der Waals surface area contributed by atoms with Gasteiger partial charge in [0, 0.05) is 19.2 Å². The van der Waals surface area contributed by atoms with Crippen molar-refractivity contribution in [1.29, 1.82) is 0 Å². The highest BCUT2D eigenvalue weighted by molar-refractivity contribution is 7.99. The molecule has 0 fully saturated rings. The Morgan fingerprint density at radius 3 is 2.67 bits per heavy atom. The number of aromatic amines is 1. The molecule has 3 aromatic rings. The van der Waals surface area contributed by atoms with E-state index in [4.69, 9.17) is 4.74 Å². The summed E-state index contributed by atoms with van der Waals surface area (Å²) in [5.74, 6) is -2.77. The number of methoxy groups -OCH3 is 1. The van der Waals surface area contributed by atoms with Crippen molar-refractivity contribution in [3.63, 3.8) is 0 Å². The van der Waals surface area contributed by atoms with Crippen LogP contribution in [0.4, 0.5) is 14.5 Å². The van der Waals surface area contributed by atoms with Crippen LogP contribution in [0.2, 0.25) is 0 Å². The average Bonchev–Trinajstić information content (AvgIpc) is 3.06. The quantitative estimate of drug-likeness (QED) is 0.533. The second-order valence-corrected chi connectivity index (χ2v) is 6.54. The Morgan fingerprint density at radius 1 is 1.22 bits per heavy atom. The first-order chi connectivity index (χ1) is 12.9. The van der Waals surface area contributed by atoms with E-state index in [0.29, 0.717) is 16.4 Å². The van der Waals surface area contributed by atoms with E-state index >= 15 is 0 Å². The van der Waals surface area contributed by atoms with E-state index < -0.39 is 17.6 Å². The number of carbonyl (C=O) groups excluding carboxylic acids is 2. The Morgan fingerprint density at radius 2 is 1.93 bits per heavy atom. The minimum atomic E-state index is -0.985. The highest BCUT2D eigenvalue weighted by Crippen LogP contribution is 2.24. The maximum Gasteiger partial charge on any atom is 0.339 e. The average molecular weight is 391 g/mol. The van der Waals surface area contributed by atoms with E-state index in [1.807, 2.05) is 0 Å². The Bertz CT molecular complexity index is 983. The Balaban J connectivity index is 1.73. The van der Waals surface area contributed by atoms with E-state index in [1.165, 1.54) is 12.0 Å². The minimum absolute atomic E-state index is 0.0107. The number of hydrogen-bond acceptors (Lipinski definition) is 5. The number of nitrogens with zero attached hydrogens (tertiary/aromatic N) is 2. The van der Waals surface area contributed by atoms with Gasteiger partial charge < -0.3 is 14.6 Å². The van der Waals surface area contributed by atoms with Crippen LogP contribution >= 0.6 is 11.8 Å². The number of nitrogens with one attached hydrogen (secondary N) is 1. The molecule has 0 aliphatic carbocycles. The van der Waals surface area contributed by atoms with Crippen molar-refractivity contribution in [3.8, 4) is 0 Å². The minimum Gasteiger partial charge on any atom is -0.465 e. The molecular weight excluding hydrogens is 376 g/mol. The van der Waals surface area contributed by atoms with Crippen LogP contribution in [0.3, 0.4) is 0 Å². The Labute approximate surface area is 157 Å². The number of halogens is 2. The van der Waals surface area contributed by atoms with Gasteiger partial charge in [0.15, 0.2) is 16.8 Å². The molecule has 0 atom stereocenters. The molecule has 3 rings (SSSR count). The first-order valence-electron chi connectivity index (χ1n) is 7.82. The van der Waals surface area contributed by atoms with Crippen molar-refractivity contribution in [2.45, 2.75) is 5.16 Å². The molecule has 2 aromatic carbocycles. The van der Waals surface area contributed by atoms with Crippen molar-refractivity contribution in [2.24, 2.45) is 0 Å². The van der Waals surface area contributed by atoms with Gasteiger partial charge in [-0.05, 0) is 12.1 Å².